The van der Waals surface area contributed by atoms with E-state index in [-0.39, 0.29) is 10.5 Å². The number of hydrogen-bond donors (Lipinski definition) is 2. The number of benzene rings is 2. The zero-order chi connectivity index (χ0) is 22.8. The minimum atomic E-state index is -3.88. The van der Waals surface area contributed by atoms with Gasteiger partial charge in [-0.25, -0.2) is 8.42 Å². The summed E-state index contributed by atoms with van der Waals surface area (Å²) >= 11 is 2.84. The van der Waals surface area contributed by atoms with Crippen LogP contribution < -0.4 is 10.0 Å². The van der Waals surface area contributed by atoms with Crippen molar-refractivity contribution in [2.45, 2.75) is 49.1 Å². The molecule has 0 fully saturated rings. The number of amides is 1. The summed E-state index contributed by atoms with van der Waals surface area (Å²) in [5, 5.41) is 11.4. The SMILES string of the molecule is Cc1ccc(NS(=O)(=O)c2cc(C(=O)Nc3nnc(SC(C)C)s3)ccc2C)c(C)c1. The molecule has 164 valence electrons. The Morgan fingerprint density at radius 2 is 1.77 bits per heavy atom. The Labute approximate surface area is 190 Å². The lowest BCUT2D eigenvalue weighted by atomic mass is 10.1. The molecular formula is C21H24N4O3S3. The third kappa shape index (κ3) is 5.84. The maximum absolute atomic E-state index is 13.0. The Morgan fingerprint density at radius 1 is 1.03 bits per heavy atom. The van der Waals surface area contributed by atoms with E-state index in [2.05, 4.69) is 20.2 Å². The average molecular weight is 477 g/mol. The Morgan fingerprint density at radius 3 is 2.45 bits per heavy atom. The highest BCUT2D eigenvalue weighted by molar-refractivity contribution is 8.01. The molecular weight excluding hydrogens is 452 g/mol. The van der Waals surface area contributed by atoms with Gasteiger partial charge < -0.3 is 0 Å². The van der Waals surface area contributed by atoms with Crippen LogP contribution in [-0.2, 0) is 10.0 Å². The lowest BCUT2D eigenvalue weighted by molar-refractivity contribution is 0.102. The molecule has 0 aliphatic heterocycles. The second-order valence-corrected chi connectivity index (χ2v) is 11.8. The first-order chi connectivity index (χ1) is 14.5. The molecule has 3 aromatic rings. The van der Waals surface area contributed by atoms with Crippen molar-refractivity contribution >= 4 is 49.8 Å². The van der Waals surface area contributed by atoms with Crippen molar-refractivity contribution in [3.63, 3.8) is 0 Å². The maximum Gasteiger partial charge on any atom is 0.262 e. The van der Waals surface area contributed by atoms with Gasteiger partial charge in [-0.05, 0) is 50.1 Å². The zero-order valence-electron chi connectivity index (χ0n) is 17.9. The molecule has 0 radical (unpaired) electrons. The number of aromatic nitrogens is 2. The van der Waals surface area contributed by atoms with Crippen molar-refractivity contribution < 1.29 is 13.2 Å². The van der Waals surface area contributed by atoms with E-state index in [9.17, 15) is 13.2 Å². The van der Waals surface area contributed by atoms with Crippen molar-refractivity contribution in [2.24, 2.45) is 0 Å². The highest BCUT2D eigenvalue weighted by Crippen LogP contribution is 2.29. The van der Waals surface area contributed by atoms with E-state index in [1.807, 2.05) is 39.8 Å². The third-order valence-corrected chi connectivity index (χ3v) is 7.76. The summed E-state index contributed by atoms with van der Waals surface area (Å²) in [7, 11) is -3.88. The molecule has 1 heterocycles. The Hall–Kier alpha value is -2.43. The van der Waals surface area contributed by atoms with E-state index < -0.39 is 15.9 Å². The number of nitrogens with zero attached hydrogens (tertiary/aromatic N) is 2. The second kappa shape index (κ2) is 9.37. The van der Waals surface area contributed by atoms with Gasteiger partial charge in [0.1, 0.15) is 0 Å². The van der Waals surface area contributed by atoms with Crippen LogP contribution >= 0.6 is 23.1 Å². The van der Waals surface area contributed by atoms with E-state index in [0.717, 1.165) is 15.5 Å². The first kappa shape index (κ1) is 23.2. The van der Waals surface area contributed by atoms with Crippen molar-refractivity contribution in [3.8, 4) is 0 Å². The van der Waals surface area contributed by atoms with E-state index in [0.29, 0.717) is 21.6 Å². The summed E-state index contributed by atoms with van der Waals surface area (Å²) in [6.07, 6.45) is 0. The Bertz CT molecular complexity index is 1220. The fourth-order valence-electron chi connectivity index (χ4n) is 2.84. The zero-order valence-corrected chi connectivity index (χ0v) is 20.3. The summed E-state index contributed by atoms with van der Waals surface area (Å²) in [6, 6.07) is 10.1. The van der Waals surface area contributed by atoms with Crippen LogP contribution in [-0.4, -0.2) is 29.8 Å². The molecule has 0 atom stereocenters. The molecule has 31 heavy (non-hydrogen) atoms. The first-order valence-electron chi connectivity index (χ1n) is 9.57. The molecule has 0 bridgehead atoms. The van der Waals surface area contributed by atoms with E-state index in [4.69, 9.17) is 0 Å². The Balaban J connectivity index is 1.83. The summed E-state index contributed by atoms with van der Waals surface area (Å²) in [5.74, 6) is -0.444. The number of sulfonamides is 1. The molecule has 3 rings (SSSR count). The number of anilines is 2. The monoisotopic (exact) mass is 476 g/mol. The third-order valence-electron chi connectivity index (χ3n) is 4.33. The van der Waals surface area contributed by atoms with Crippen LogP contribution in [0.1, 0.15) is 40.9 Å². The molecule has 7 nitrogen and oxygen atoms in total. The van der Waals surface area contributed by atoms with Crippen LogP contribution in [0.2, 0.25) is 0 Å². The summed E-state index contributed by atoms with van der Waals surface area (Å²) < 4.78 is 29.5. The largest absolute Gasteiger partial charge is 0.296 e. The quantitative estimate of drug-likeness (QED) is 0.367. The van der Waals surface area contributed by atoms with Gasteiger partial charge in [0.2, 0.25) is 5.13 Å². The predicted molar refractivity (Wildman–Crippen MR) is 127 cm³/mol. The number of carbonyl (C=O) groups is 1. The van der Waals surface area contributed by atoms with Crippen LogP contribution in [0.15, 0.2) is 45.6 Å². The van der Waals surface area contributed by atoms with E-state index >= 15 is 0 Å². The molecule has 1 amide bonds. The van der Waals surface area contributed by atoms with Crippen LogP contribution in [0.25, 0.3) is 0 Å². The molecule has 0 aliphatic rings. The number of thioether (sulfide) groups is 1. The molecule has 2 aromatic carbocycles. The number of aryl methyl sites for hydroxylation is 3. The van der Waals surface area contributed by atoms with Gasteiger partial charge in [0.25, 0.3) is 15.9 Å². The highest BCUT2D eigenvalue weighted by atomic mass is 32.2. The van der Waals surface area contributed by atoms with E-state index in [1.165, 1.54) is 17.4 Å². The van der Waals surface area contributed by atoms with Gasteiger partial charge in [-0.15, -0.1) is 10.2 Å². The molecule has 1 aromatic heterocycles. The van der Waals surface area contributed by atoms with Crippen molar-refractivity contribution in [1.82, 2.24) is 10.2 Å². The smallest absolute Gasteiger partial charge is 0.262 e. The topological polar surface area (TPSA) is 101 Å². The summed E-state index contributed by atoms with van der Waals surface area (Å²) in [6.45, 7) is 9.57. The van der Waals surface area contributed by atoms with Gasteiger partial charge in [-0.3, -0.25) is 14.8 Å². The fraction of sp³-hybridized carbons (Fsp3) is 0.286. The molecule has 0 saturated heterocycles. The van der Waals surface area contributed by atoms with Crippen molar-refractivity contribution in [1.29, 1.82) is 0 Å². The van der Waals surface area contributed by atoms with Crippen LogP contribution in [0.3, 0.4) is 0 Å². The predicted octanol–water partition coefficient (Wildman–Crippen LogP) is 5.02. The molecule has 0 unspecified atom stereocenters. The minimum Gasteiger partial charge on any atom is -0.296 e. The molecule has 0 spiro atoms. The number of rotatable bonds is 7. The van der Waals surface area contributed by atoms with Crippen LogP contribution in [0, 0.1) is 20.8 Å². The normalized spacial score (nSPS) is 11.5. The summed E-state index contributed by atoms with van der Waals surface area (Å²) in [4.78, 5) is 12.7. The minimum absolute atomic E-state index is 0.0495. The standard InChI is InChI=1S/C21H24N4O3S3/c1-12(2)29-21-24-23-20(30-21)22-19(26)16-8-7-14(4)18(11-16)31(27,28)25-17-9-6-13(3)10-15(17)5/h6-12,25H,1-5H3,(H,22,23,26). The number of nitrogens with one attached hydrogen (secondary N) is 2. The van der Waals surface area contributed by atoms with Crippen LogP contribution in [0.4, 0.5) is 10.8 Å². The maximum atomic E-state index is 13.0. The van der Waals surface area contributed by atoms with Gasteiger partial charge in [-0.2, -0.15) is 0 Å². The number of hydrogen-bond acceptors (Lipinski definition) is 7. The lowest BCUT2D eigenvalue weighted by Gasteiger charge is -2.14. The molecule has 0 aliphatic carbocycles. The second-order valence-electron chi connectivity index (χ2n) is 7.40. The molecule has 10 heteroatoms. The lowest BCUT2D eigenvalue weighted by Crippen LogP contribution is -2.17. The van der Waals surface area contributed by atoms with Crippen molar-refractivity contribution in [2.75, 3.05) is 10.0 Å². The van der Waals surface area contributed by atoms with Gasteiger partial charge in [0, 0.05) is 10.8 Å². The first-order valence-corrected chi connectivity index (χ1v) is 12.8. The van der Waals surface area contributed by atoms with Gasteiger partial charge in [0.15, 0.2) is 4.34 Å². The van der Waals surface area contributed by atoms with Crippen LogP contribution in [0.5, 0.6) is 0 Å². The van der Waals surface area contributed by atoms with Crippen molar-refractivity contribution in [3.05, 3.63) is 58.7 Å². The molecule has 2 N–H and O–H groups in total. The molecule has 0 saturated carbocycles. The van der Waals surface area contributed by atoms with E-state index in [1.54, 1.807) is 36.9 Å². The fourth-order valence-corrected chi connectivity index (χ4v) is 6.21. The highest BCUT2D eigenvalue weighted by Gasteiger charge is 2.21. The number of carbonyl (C=O) groups excluding carboxylic acids is 1. The summed E-state index contributed by atoms with van der Waals surface area (Å²) in [5.41, 5.74) is 3.13. The average Bonchev–Trinajstić information content (AvgIpc) is 3.10. The van der Waals surface area contributed by atoms with Gasteiger partial charge >= 0.3 is 0 Å². The van der Waals surface area contributed by atoms with Gasteiger partial charge in [0.05, 0.1) is 10.6 Å². The van der Waals surface area contributed by atoms with Gasteiger partial charge in [-0.1, -0.05) is 60.7 Å². The Kier molecular flexibility index (Phi) is 7.03.